The smallest absolute Gasteiger partial charge is 0.255 e. The summed E-state index contributed by atoms with van der Waals surface area (Å²) >= 11 is 0. The molecule has 0 unspecified atom stereocenters. The van der Waals surface area contributed by atoms with E-state index in [-0.39, 0.29) is 12.5 Å². The SMILES string of the molecule is CN(C)CCOc1ccccc1C(=O)NCc1nnc2ccccn12. The number of carbonyl (C=O) groups is 1. The van der Waals surface area contributed by atoms with Crippen molar-refractivity contribution in [2.24, 2.45) is 0 Å². The Balaban J connectivity index is 1.67. The first-order valence-corrected chi connectivity index (χ1v) is 8.08. The molecule has 0 saturated carbocycles. The molecule has 1 amide bonds. The molecule has 3 aromatic rings. The standard InChI is InChI=1S/C18H21N5O2/c1-22(2)11-12-25-15-8-4-3-7-14(15)18(24)19-13-17-21-20-16-9-5-6-10-23(16)17/h3-10H,11-13H2,1-2H3,(H,19,24). The Morgan fingerprint density at radius 2 is 1.96 bits per heavy atom. The van der Waals surface area contributed by atoms with E-state index >= 15 is 0 Å². The maximum absolute atomic E-state index is 12.5. The molecule has 0 aliphatic rings. The lowest BCUT2D eigenvalue weighted by Gasteiger charge is -2.13. The molecule has 0 fully saturated rings. The van der Waals surface area contributed by atoms with Crippen LogP contribution in [0.5, 0.6) is 5.75 Å². The number of carbonyl (C=O) groups excluding carboxylic acids is 1. The largest absolute Gasteiger partial charge is 0.491 e. The number of fused-ring (bicyclic) bond motifs is 1. The number of likely N-dealkylation sites (N-methyl/N-ethyl adjacent to an activating group) is 1. The van der Waals surface area contributed by atoms with Crippen molar-refractivity contribution in [1.82, 2.24) is 24.8 Å². The Kier molecular flexibility index (Phi) is 5.25. The molecule has 0 atom stereocenters. The number of nitrogens with one attached hydrogen (secondary N) is 1. The van der Waals surface area contributed by atoms with Crippen LogP contribution in [0.1, 0.15) is 16.2 Å². The normalized spacial score (nSPS) is 11.0. The van der Waals surface area contributed by atoms with Crippen LogP contribution in [0.3, 0.4) is 0 Å². The maximum Gasteiger partial charge on any atom is 0.255 e. The van der Waals surface area contributed by atoms with Crippen LogP contribution in [-0.2, 0) is 6.54 Å². The minimum absolute atomic E-state index is 0.201. The summed E-state index contributed by atoms with van der Waals surface area (Å²) in [5.74, 6) is 1.05. The Labute approximate surface area is 146 Å². The number of benzene rings is 1. The predicted octanol–water partition coefficient (Wildman–Crippen LogP) is 1.60. The zero-order valence-electron chi connectivity index (χ0n) is 14.3. The van der Waals surface area contributed by atoms with E-state index in [1.54, 1.807) is 12.1 Å². The van der Waals surface area contributed by atoms with Crippen LogP contribution in [0.4, 0.5) is 0 Å². The van der Waals surface area contributed by atoms with E-state index in [9.17, 15) is 4.79 Å². The minimum Gasteiger partial charge on any atom is -0.491 e. The molecule has 7 nitrogen and oxygen atoms in total. The molecular weight excluding hydrogens is 318 g/mol. The van der Waals surface area contributed by atoms with E-state index in [0.29, 0.717) is 23.7 Å². The van der Waals surface area contributed by atoms with Crippen LogP contribution in [0.2, 0.25) is 0 Å². The van der Waals surface area contributed by atoms with Crippen molar-refractivity contribution in [2.45, 2.75) is 6.54 Å². The van der Waals surface area contributed by atoms with Crippen molar-refractivity contribution in [1.29, 1.82) is 0 Å². The molecule has 0 saturated heterocycles. The van der Waals surface area contributed by atoms with Crippen molar-refractivity contribution < 1.29 is 9.53 Å². The van der Waals surface area contributed by atoms with E-state index in [1.807, 2.05) is 59.9 Å². The van der Waals surface area contributed by atoms with Crippen LogP contribution >= 0.6 is 0 Å². The van der Waals surface area contributed by atoms with E-state index < -0.39 is 0 Å². The Bertz CT molecular complexity index is 859. The number of para-hydroxylation sites is 1. The molecule has 3 rings (SSSR count). The molecule has 0 aliphatic heterocycles. The van der Waals surface area contributed by atoms with Crippen LogP contribution < -0.4 is 10.1 Å². The van der Waals surface area contributed by atoms with Gasteiger partial charge in [-0.05, 0) is 38.4 Å². The summed E-state index contributed by atoms with van der Waals surface area (Å²) in [4.78, 5) is 14.6. The van der Waals surface area contributed by atoms with Gasteiger partial charge in [0.25, 0.3) is 5.91 Å². The van der Waals surface area contributed by atoms with Crippen LogP contribution in [-0.4, -0.2) is 52.7 Å². The third-order valence-electron chi connectivity index (χ3n) is 3.72. The third-order valence-corrected chi connectivity index (χ3v) is 3.72. The fraction of sp³-hybridized carbons (Fsp3) is 0.278. The number of amides is 1. The molecular formula is C18H21N5O2. The molecule has 25 heavy (non-hydrogen) atoms. The number of rotatable bonds is 7. The maximum atomic E-state index is 12.5. The third kappa shape index (κ3) is 4.13. The van der Waals surface area contributed by atoms with E-state index in [0.717, 1.165) is 12.2 Å². The fourth-order valence-electron chi connectivity index (χ4n) is 2.38. The minimum atomic E-state index is -0.201. The van der Waals surface area contributed by atoms with E-state index in [1.165, 1.54) is 0 Å². The summed E-state index contributed by atoms with van der Waals surface area (Å²) in [6.45, 7) is 1.59. The van der Waals surface area contributed by atoms with Gasteiger partial charge >= 0.3 is 0 Å². The number of hydrogen-bond donors (Lipinski definition) is 1. The van der Waals surface area contributed by atoms with Crippen molar-refractivity contribution in [3.8, 4) is 5.75 Å². The lowest BCUT2D eigenvalue weighted by Crippen LogP contribution is -2.25. The van der Waals surface area contributed by atoms with Gasteiger partial charge in [-0.3, -0.25) is 9.20 Å². The highest BCUT2D eigenvalue weighted by atomic mass is 16.5. The molecule has 2 aromatic heterocycles. The molecule has 0 bridgehead atoms. The molecule has 0 aliphatic carbocycles. The number of pyridine rings is 1. The van der Waals surface area contributed by atoms with Gasteiger partial charge in [0.15, 0.2) is 11.5 Å². The van der Waals surface area contributed by atoms with Crippen LogP contribution in [0.15, 0.2) is 48.7 Å². The molecule has 130 valence electrons. The van der Waals surface area contributed by atoms with Crippen molar-refractivity contribution in [3.63, 3.8) is 0 Å². The van der Waals surface area contributed by atoms with Gasteiger partial charge in [0, 0.05) is 12.7 Å². The summed E-state index contributed by atoms with van der Waals surface area (Å²) in [5.41, 5.74) is 1.26. The Morgan fingerprint density at radius 1 is 1.16 bits per heavy atom. The highest BCUT2D eigenvalue weighted by molar-refractivity contribution is 5.96. The summed E-state index contributed by atoms with van der Waals surface area (Å²) in [5, 5.41) is 11.1. The average molecular weight is 339 g/mol. The fourth-order valence-corrected chi connectivity index (χ4v) is 2.38. The van der Waals surface area contributed by atoms with Crippen LogP contribution in [0, 0.1) is 0 Å². The van der Waals surface area contributed by atoms with Gasteiger partial charge in [-0.15, -0.1) is 10.2 Å². The highest BCUT2D eigenvalue weighted by Gasteiger charge is 2.13. The first-order chi connectivity index (χ1) is 12.1. The molecule has 0 radical (unpaired) electrons. The number of hydrogen-bond acceptors (Lipinski definition) is 5. The molecule has 0 spiro atoms. The summed E-state index contributed by atoms with van der Waals surface area (Å²) in [6.07, 6.45) is 1.87. The predicted molar refractivity (Wildman–Crippen MR) is 94.6 cm³/mol. The lowest BCUT2D eigenvalue weighted by atomic mass is 10.2. The average Bonchev–Trinajstić information content (AvgIpc) is 3.03. The second kappa shape index (κ2) is 7.76. The Hall–Kier alpha value is -2.93. The summed E-state index contributed by atoms with van der Waals surface area (Å²) < 4.78 is 7.59. The zero-order chi connectivity index (χ0) is 17.6. The summed E-state index contributed by atoms with van der Waals surface area (Å²) in [7, 11) is 3.95. The van der Waals surface area contributed by atoms with Gasteiger partial charge in [0.1, 0.15) is 12.4 Å². The highest BCUT2D eigenvalue weighted by Crippen LogP contribution is 2.18. The van der Waals surface area contributed by atoms with Crippen molar-refractivity contribution in [3.05, 3.63) is 60.0 Å². The quantitative estimate of drug-likeness (QED) is 0.708. The van der Waals surface area contributed by atoms with E-state index in [4.69, 9.17) is 4.74 Å². The van der Waals surface area contributed by atoms with E-state index in [2.05, 4.69) is 15.5 Å². The number of aromatic nitrogens is 3. The number of ether oxygens (including phenoxy) is 1. The van der Waals surface area contributed by atoms with Gasteiger partial charge in [-0.1, -0.05) is 18.2 Å². The van der Waals surface area contributed by atoms with Crippen LogP contribution in [0.25, 0.3) is 5.65 Å². The van der Waals surface area contributed by atoms with Crippen molar-refractivity contribution >= 4 is 11.6 Å². The lowest BCUT2D eigenvalue weighted by molar-refractivity contribution is 0.0945. The second-order valence-electron chi connectivity index (χ2n) is 5.88. The topological polar surface area (TPSA) is 71.8 Å². The molecule has 2 heterocycles. The first kappa shape index (κ1) is 16.9. The monoisotopic (exact) mass is 339 g/mol. The van der Waals surface area contributed by atoms with Gasteiger partial charge in [0.2, 0.25) is 0 Å². The van der Waals surface area contributed by atoms with Gasteiger partial charge in [-0.2, -0.15) is 0 Å². The first-order valence-electron chi connectivity index (χ1n) is 8.08. The van der Waals surface area contributed by atoms with Gasteiger partial charge in [0.05, 0.1) is 12.1 Å². The number of nitrogens with zero attached hydrogens (tertiary/aromatic N) is 4. The van der Waals surface area contributed by atoms with Gasteiger partial charge < -0.3 is 15.0 Å². The Morgan fingerprint density at radius 3 is 2.80 bits per heavy atom. The van der Waals surface area contributed by atoms with Crippen molar-refractivity contribution in [2.75, 3.05) is 27.2 Å². The molecule has 1 aromatic carbocycles. The zero-order valence-corrected chi connectivity index (χ0v) is 14.3. The molecule has 1 N–H and O–H groups in total. The molecule has 7 heteroatoms. The second-order valence-corrected chi connectivity index (χ2v) is 5.88. The summed E-state index contributed by atoms with van der Waals surface area (Å²) in [6, 6.07) is 12.9. The van der Waals surface area contributed by atoms with Gasteiger partial charge in [-0.25, -0.2) is 0 Å².